The number of hydrogen-bond acceptors (Lipinski definition) is 4. The maximum Gasteiger partial charge on any atom is 0.304 e. The number of amides is 2. The quantitative estimate of drug-likeness (QED) is 0.337. The van der Waals surface area contributed by atoms with Crippen LogP contribution in [0.2, 0.25) is 0 Å². The number of nitrogens with one attached hydrogen (secondary N) is 1. The summed E-state index contributed by atoms with van der Waals surface area (Å²) in [4.78, 5) is 29.4. The Hall–Kier alpha value is -3.83. The molecule has 0 saturated heterocycles. The minimum atomic E-state index is -4.19. The van der Waals surface area contributed by atoms with Gasteiger partial charge in [-0.15, -0.1) is 0 Å². The Bertz CT molecular complexity index is 1450. The van der Waals surface area contributed by atoms with Crippen LogP contribution >= 0.6 is 0 Å². The van der Waals surface area contributed by atoms with Crippen LogP contribution in [0.1, 0.15) is 36.8 Å². The zero-order valence-electron chi connectivity index (χ0n) is 23.7. The van der Waals surface area contributed by atoms with Crippen molar-refractivity contribution in [3.8, 4) is 0 Å². The third-order valence-electron chi connectivity index (χ3n) is 7.37. The zero-order chi connectivity index (χ0) is 30.3. The predicted molar refractivity (Wildman–Crippen MR) is 158 cm³/mol. The summed E-state index contributed by atoms with van der Waals surface area (Å²) in [7, 11) is -1.52. The molecular formula is C31H36F2N4O4S. The lowest BCUT2D eigenvalue weighted by Crippen LogP contribution is -2.55. The Labute approximate surface area is 246 Å². The third kappa shape index (κ3) is 7.92. The second-order valence-electron chi connectivity index (χ2n) is 10.6. The molecule has 0 heterocycles. The van der Waals surface area contributed by atoms with Gasteiger partial charge in [0, 0.05) is 33.1 Å². The molecule has 42 heavy (non-hydrogen) atoms. The average Bonchev–Trinajstić information content (AvgIpc) is 3.48. The predicted octanol–water partition coefficient (Wildman–Crippen LogP) is 4.28. The molecule has 0 unspecified atom stereocenters. The van der Waals surface area contributed by atoms with Crippen LogP contribution in [0.5, 0.6) is 0 Å². The molecule has 2 amide bonds. The standard InChI is InChI=1S/C31H36F2N4O4S/c1-35(2)42(40,41)37(28-18-16-26(33)17-19-28)22-30(38)36(21-24-12-14-25(32)15-13-24)29(20-23-8-4-3-5-9-23)31(39)34-27-10-6-7-11-27/h3-5,8-9,12-19,27,29H,6-7,10-11,20-22H2,1-2H3,(H,34,39)/t29-/m0/s1. The Kier molecular flexibility index (Phi) is 10.3. The second kappa shape index (κ2) is 13.9. The highest BCUT2D eigenvalue weighted by atomic mass is 32.2. The van der Waals surface area contributed by atoms with Gasteiger partial charge in [0.25, 0.3) is 0 Å². The van der Waals surface area contributed by atoms with E-state index in [1.807, 2.05) is 30.3 Å². The van der Waals surface area contributed by atoms with Gasteiger partial charge in [0.05, 0.1) is 5.69 Å². The van der Waals surface area contributed by atoms with Crippen molar-refractivity contribution >= 4 is 27.7 Å². The van der Waals surface area contributed by atoms with Crippen LogP contribution in [-0.4, -0.2) is 62.2 Å². The first-order valence-corrected chi connectivity index (χ1v) is 15.3. The van der Waals surface area contributed by atoms with Gasteiger partial charge in [-0.3, -0.25) is 9.59 Å². The summed E-state index contributed by atoms with van der Waals surface area (Å²) in [5.74, 6) is -1.99. The third-order valence-corrected chi connectivity index (χ3v) is 9.19. The first kappa shape index (κ1) is 31.1. The molecule has 0 aliphatic heterocycles. The van der Waals surface area contributed by atoms with E-state index in [1.54, 1.807) is 0 Å². The van der Waals surface area contributed by atoms with Crippen molar-refractivity contribution in [3.63, 3.8) is 0 Å². The molecule has 4 rings (SSSR count). The Morgan fingerprint density at radius 3 is 2.00 bits per heavy atom. The fourth-order valence-electron chi connectivity index (χ4n) is 5.03. The summed E-state index contributed by atoms with van der Waals surface area (Å²) >= 11 is 0. The summed E-state index contributed by atoms with van der Waals surface area (Å²) in [5, 5.41) is 3.09. The molecule has 3 aromatic rings. The van der Waals surface area contributed by atoms with E-state index >= 15 is 0 Å². The van der Waals surface area contributed by atoms with Gasteiger partial charge in [0.15, 0.2) is 0 Å². The molecular weight excluding hydrogens is 562 g/mol. The van der Waals surface area contributed by atoms with Gasteiger partial charge in [-0.05, 0) is 60.4 Å². The highest BCUT2D eigenvalue weighted by molar-refractivity contribution is 7.90. The molecule has 3 aromatic carbocycles. The maximum absolute atomic E-state index is 14.2. The van der Waals surface area contributed by atoms with E-state index in [1.165, 1.54) is 55.4 Å². The molecule has 0 bridgehead atoms. The van der Waals surface area contributed by atoms with Gasteiger partial charge in [-0.25, -0.2) is 13.1 Å². The molecule has 224 valence electrons. The molecule has 11 heteroatoms. The van der Waals surface area contributed by atoms with E-state index in [0.29, 0.717) is 5.56 Å². The Morgan fingerprint density at radius 2 is 1.43 bits per heavy atom. The smallest absolute Gasteiger partial charge is 0.304 e. The van der Waals surface area contributed by atoms with Crippen molar-refractivity contribution in [3.05, 3.63) is 102 Å². The largest absolute Gasteiger partial charge is 0.352 e. The topological polar surface area (TPSA) is 90.0 Å². The number of rotatable bonds is 12. The van der Waals surface area contributed by atoms with E-state index in [2.05, 4.69) is 5.32 Å². The van der Waals surface area contributed by atoms with Crippen molar-refractivity contribution in [1.82, 2.24) is 14.5 Å². The van der Waals surface area contributed by atoms with Crippen LogP contribution in [0.4, 0.5) is 14.5 Å². The number of nitrogens with zero attached hydrogens (tertiary/aromatic N) is 3. The van der Waals surface area contributed by atoms with Crippen LogP contribution in [0.3, 0.4) is 0 Å². The fraction of sp³-hybridized carbons (Fsp3) is 0.355. The second-order valence-corrected chi connectivity index (χ2v) is 12.7. The molecule has 1 aliphatic rings. The van der Waals surface area contributed by atoms with E-state index in [9.17, 15) is 26.8 Å². The van der Waals surface area contributed by atoms with Crippen LogP contribution < -0.4 is 9.62 Å². The van der Waals surface area contributed by atoms with Gasteiger partial charge in [0.1, 0.15) is 24.2 Å². The number of carbonyl (C=O) groups is 2. The number of anilines is 1. The molecule has 8 nitrogen and oxygen atoms in total. The lowest BCUT2D eigenvalue weighted by molar-refractivity contribution is -0.140. The van der Waals surface area contributed by atoms with Crippen LogP contribution in [0, 0.1) is 11.6 Å². The van der Waals surface area contributed by atoms with Crippen molar-refractivity contribution < 1.29 is 26.8 Å². The van der Waals surface area contributed by atoms with Gasteiger partial charge < -0.3 is 10.2 Å². The van der Waals surface area contributed by atoms with Gasteiger partial charge >= 0.3 is 10.2 Å². The first-order valence-electron chi connectivity index (χ1n) is 13.9. The number of benzene rings is 3. The molecule has 1 saturated carbocycles. The van der Waals surface area contributed by atoms with Crippen LogP contribution in [0.25, 0.3) is 0 Å². The molecule has 1 atom stereocenters. The molecule has 0 spiro atoms. The van der Waals surface area contributed by atoms with Crippen LogP contribution in [-0.2, 0) is 32.8 Å². The van der Waals surface area contributed by atoms with Gasteiger partial charge in [0.2, 0.25) is 11.8 Å². The van der Waals surface area contributed by atoms with E-state index in [4.69, 9.17) is 0 Å². The summed E-state index contributed by atoms with van der Waals surface area (Å²) < 4.78 is 56.0. The molecule has 1 fully saturated rings. The fourth-order valence-corrected chi connectivity index (χ4v) is 6.09. The van der Waals surface area contributed by atoms with Crippen LogP contribution in [0.15, 0.2) is 78.9 Å². The number of hydrogen-bond donors (Lipinski definition) is 1. The van der Waals surface area contributed by atoms with Crippen molar-refractivity contribution in [1.29, 1.82) is 0 Å². The summed E-state index contributed by atoms with van der Waals surface area (Å²) in [5.41, 5.74) is 1.48. The first-order chi connectivity index (χ1) is 20.0. The zero-order valence-corrected chi connectivity index (χ0v) is 24.6. The Balaban J connectivity index is 1.74. The summed E-state index contributed by atoms with van der Waals surface area (Å²) in [6.07, 6.45) is 3.87. The highest BCUT2D eigenvalue weighted by Gasteiger charge is 2.35. The minimum absolute atomic E-state index is 0.0108. The van der Waals surface area contributed by atoms with E-state index in [-0.39, 0.29) is 30.6 Å². The molecule has 1 N–H and O–H groups in total. The maximum atomic E-state index is 14.2. The summed E-state index contributed by atoms with van der Waals surface area (Å²) in [6.45, 7) is -0.705. The van der Waals surface area contributed by atoms with Crippen molar-refractivity contribution in [2.75, 3.05) is 24.9 Å². The van der Waals surface area contributed by atoms with E-state index < -0.39 is 40.3 Å². The van der Waals surface area contributed by atoms with Crippen molar-refractivity contribution in [2.45, 2.75) is 50.7 Å². The van der Waals surface area contributed by atoms with E-state index in [0.717, 1.165) is 52.0 Å². The highest BCUT2D eigenvalue weighted by Crippen LogP contribution is 2.23. The summed E-state index contributed by atoms with van der Waals surface area (Å²) in [6, 6.07) is 18.6. The lowest BCUT2D eigenvalue weighted by atomic mass is 10.0. The normalized spacial score (nSPS) is 14.5. The molecule has 0 radical (unpaired) electrons. The van der Waals surface area contributed by atoms with Gasteiger partial charge in [-0.1, -0.05) is 55.3 Å². The molecule has 0 aromatic heterocycles. The lowest BCUT2D eigenvalue weighted by Gasteiger charge is -2.35. The number of halogens is 2. The average molecular weight is 599 g/mol. The Morgan fingerprint density at radius 1 is 0.857 bits per heavy atom. The molecule has 1 aliphatic carbocycles. The van der Waals surface area contributed by atoms with Crippen molar-refractivity contribution in [2.24, 2.45) is 0 Å². The van der Waals surface area contributed by atoms with Gasteiger partial charge in [-0.2, -0.15) is 12.7 Å². The minimum Gasteiger partial charge on any atom is -0.352 e. The SMILES string of the molecule is CN(C)S(=O)(=O)N(CC(=O)N(Cc1ccc(F)cc1)[C@@H](Cc1ccccc1)C(=O)NC1CCCC1)c1ccc(F)cc1. The number of carbonyl (C=O) groups excluding carboxylic acids is 2. The monoisotopic (exact) mass is 598 g/mol.